The van der Waals surface area contributed by atoms with E-state index < -0.39 is 24.5 Å². The van der Waals surface area contributed by atoms with Crippen LogP contribution in [-0.4, -0.2) is 25.1 Å². The van der Waals surface area contributed by atoms with E-state index >= 15 is 0 Å². The first-order valence-electron chi connectivity index (χ1n) is 7.30. The quantitative estimate of drug-likeness (QED) is 0.821. The van der Waals surface area contributed by atoms with Crippen molar-refractivity contribution in [2.75, 3.05) is 12.4 Å². The monoisotopic (exact) mass is 386 g/mol. The van der Waals surface area contributed by atoms with Gasteiger partial charge in [-0.1, -0.05) is 29.8 Å². The molecule has 0 aliphatic heterocycles. The fraction of sp³-hybridized carbons (Fsp3) is 0.176. The summed E-state index contributed by atoms with van der Waals surface area (Å²) in [5.74, 6) is -2.33. The number of ether oxygens (including phenoxy) is 1. The Bertz CT molecular complexity index is 825. The Morgan fingerprint density at radius 3 is 2.50 bits per heavy atom. The Labute approximate surface area is 152 Å². The molecule has 138 valence electrons. The van der Waals surface area contributed by atoms with E-state index in [1.165, 1.54) is 31.4 Å². The maximum absolute atomic E-state index is 12.5. The molecule has 0 aliphatic rings. The topological polar surface area (TPSA) is 67.4 Å². The minimum atomic E-state index is -4.98. The van der Waals surface area contributed by atoms with Gasteiger partial charge in [0.2, 0.25) is 0 Å². The molecule has 2 aromatic rings. The number of rotatable bonds is 5. The number of anilines is 1. The second-order valence-electron chi connectivity index (χ2n) is 5.14. The number of alkyl halides is 3. The van der Waals surface area contributed by atoms with Gasteiger partial charge in [0.25, 0.3) is 5.91 Å². The van der Waals surface area contributed by atoms with Crippen LogP contribution in [0.2, 0.25) is 5.02 Å². The highest BCUT2D eigenvalue weighted by molar-refractivity contribution is 6.31. The fourth-order valence-corrected chi connectivity index (χ4v) is 2.29. The van der Waals surface area contributed by atoms with E-state index in [0.29, 0.717) is 10.6 Å². The Morgan fingerprint density at radius 2 is 1.85 bits per heavy atom. The fourth-order valence-electron chi connectivity index (χ4n) is 2.12. The zero-order chi connectivity index (χ0) is 19.3. The zero-order valence-electron chi connectivity index (χ0n) is 13.5. The molecule has 2 amide bonds. The summed E-state index contributed by atoms with van der Waals surface area (Å²) in [5, 5.41) is 4.67. The number of nitrogens with one attached hydrogen (secondary N) is 2. The van der Waals surface area contributed by atoms with Crippen LogP contribution < -0.4 is 15.4 Å². The van der Waals surface area contributed by atoms with Crippen molar-refractivity contribution in [1.29, 1.82) is 0 Å². The maximum Gasteiger partial charge on any atom is 0.471 e. The molecule has 5 nitrogen and oxygen atoms in total. The van der Waals surface area contributed by atoms with Crippen LogP contribution in [-0.2, 0) is 11.3 Å². The van der Waals surface area contributed by atoms with Crippen molar-refractivity contribution in [2.45, 2.75) is 12.7 Å². The molecular weight excluding hydrogens is 373 g/mol. The van der Waals surface area contributed by atoms with Gasteiger partial charge in [-0.15, -0.1) is 0 Å². The van der Waals surface area contributed by atoms with Crippen LogP contribution in [0.25, 0.3) is 0 Å². The third-order valence-electron chi connectivity index (χ3n) is 3.37. The number of benzene rings is 2. The molecule has 0 aliphatic carbocycles. The highest BCUT2D eigenvalue weighted by Gasteiger charge is 2.38. The average molecular weight is 387 g/mol. The van der Waals surface area contributed by atoms with E-state index in [0.717, 1.165) is 0 Å². The number of methoxy groups -OCH3 is 1. The van der Waals surface area contributed by atoms with Crippen LogP contribution >= 0.6 is 11.6 Å². The molecule has 0 spiro atoms. The van der Waals surface area contributed by atoms with E-state index in [-0.39, 0.29) is 17.0 Å². The van der Waals surface area contributed by atoms with Crippen molar-refractivity contribution in [3.63, 3.8) is 0 Å². The van der Waals surface area contributed by atoms with Crippen LogP contribution in [0.5, 0.6) is 5.75 Å². The third-order valence-corrected chi connectivity index (χ3v) is 3.60. The second kappa shape index (κ2) is 8.09. The lowest BCUT2D eigenvalue weighted by molar-refractivity contribution is -0.173. The van der Waals surface area contributed by atoms with Crippen molar-refractivity contribution in [1.82, 2.24) is 5.32 Å². The lowest BCUT2D eigenvalue weighted by Gasteiger charge is -2.14. The number of carbonyl (C=O) groups excluding carboxylic acids is 2. The highest BCUT2D eigenvalue weighted by atomic mass is 35.5. The lowest BCUT2D eigenvalue weighted by atomic mass is 10.1. The largest absolute Gasteiger partial charge is 0.496 e. The smallest absolute Gasteiger partial charge is 0.471 e. The minimum absolute atomic E-state index is 0.161. The summed E-state index contributed by atoms with van der Waals surface area (Å²) in [5.41, 5.74) is 0.718. The van der Waals surface area contributed by atoms with E-state index in [9.17, 15) is 22.8 Å². The number of hydrogen-bond donors (Lipinski definition) is 2. The molecule has 0 aromatic heterocycles. The minimum Gasteiger partial charge on any atom is -0.496 e. The number of halogens is 4. The molecule has 2 aromatic carbocycles. The number of hydrogen-bond acceptors (Lipinski definition) is 3. The second-order valence-corrected chi connectivity index (χ2v) is 5.57. The van der Waals surface area contributed by atoms with E-state index in [1.54, 1.807) is 23.5 Å². The van der Waals surface area contributed by atoms with Crippen molar-refractivity contribution in [2.24, 2.45) is 0 Å². The summed E-state index contributed by atoms with van der Waals surface area (Å²) in [6.45, 7) is -0.401. The molecule has 0 saturated carbocycles. The van der Waals surface area contributed by atoms with Crippen molar-refractivity contribution >= 4 is 29.1 Å². The summed E-state index contributed by atoms with van der Waals surface area (Å²) < 4.78 is 42.0. The summed E-state index contributed by atoms with van der Waals surface area (Å²) in [6, 6.07) is 10.6. The first kappa shape index (κ1) is 19.6. The summed E-state index contributed by atoms with van der Waals surface area (Å²) >= 11 is 5.89. The number of amides is 2. The van der Waals surface area contributed by atoms with Crippen LogP contribution in [0, 0.1) is 0 Å². The first-order valence-corrected chi connectivity index (χ1v) is 7.68. The molecule has 0 bridgehead atoms. The molecule has 0 fully saturated rings. The molecule has 0 radical (unpaired) electrons. The molecule has 0 saturated heterocycles. The number of carbonyl (C=O) groups is 2. The molecule has 0 unspecified atom stereocenters. The highest BCUT2D eigenvalue weighted by Crippen LogP contribution is 2.25. The van der Waals surface area contributed by atoms with Gasteiger partial charge in [-0.05, 0) is 29.8 Å². The van der Waals surface area contributed by atoms with Gasteiger partial charge in [0.15, 0.2) is 0 Å². The number of para-hydroxylation sites is 1. The zero-order valence-corrected chi connectivity index (χ0v) is 14.2. The molecule has 0 atom stereocenters. The van der Waals surface area contributed by atoms with E-state index in [2.05, 4.69) is 5.32 Å². The van der Waals surface area contributed by atoms with Crippen molar-refractivity contribution in [3.05, 3.63) is 58.6 Å². The van der Waals surface area contributed by atoms with Crippen LogP contribution in [0.3, 0.4) is 0 Å². The molecule has 2 N–H and O–H groups in total. The van der Waals surface area contributed by atoms with Gasteiger partial charge < -0.3 is 15.4 Å². The lowest BCUT2D eigenvalue weighted by Crippen LogP contribution is -2.36. The predicted molar refractivity (Wildman–Crippen MR) is 90.3 cm³/mol. The normalized spacial score (nSPS) is 11.0. The van der Waals surface area contributed by atoms with Gasteiger partial charge in [-0.25, -0.2) is 0 Å². The Balaban J connectivity index is 2.19. The van der Waals surface area contributed by atoms with Gasteiger partial charge in [0.1, 0.15) is 5.75 Å². The predicted octanol–water partition coefficient (Wildman–Crippen LogP) is 3.78. The van der Waals surface area contributed by atoms with E-state index in [1.807, 2.05) is 0 Å². The van der Waals surface area contributed by atoms with Crippen molar-refractivity contribution in [3.8, 4) is 5.75 Å². The molecule has 0 heterocycles. The maximum atomic E-state index is 12.5. The van der Waals surface area contributed by atoms with Gasteiger partial charge in [0.05, 0.1) is 12.7 Å². The molecule has 2 rings (SSSR count). The average Bonchev–Trinajstić information content (AvgIpc) is 2.59. The standard InChI is InChI=1S/C17H14ClF3N2O3/c1-26-14-7-6-11(18)8-12(14)15(24)23-13-5-3-2-4-10(13)9-22-16(25)17(19,20)21/h2-8H,9H2,1H3,(H,22,25)(H,23,24). The summed E-state index contributed by atoms with van der Waals surface area (Å²) in [4.78, 5) is 23.4. The van der Waals surface area contributed by atoms with Gasteiger partial charge in [-0.2, -0.15) is 13.2 Å². The van der Waals surface area contributed by atoms with Gasteiger partial charge in [0, 0.05) is 17.3 Å². The third kappa shape index (κ3) is 4.89. The Kier molecular flexibility index (Phi) is 6.10. The molecular formula is C17H14ClF3N2O3. The van der Waals surface area contributed by atoms with Crippen LogP contribution in [0.1, 0.15) is 15.9 Å². The first-order chi connectivity index (χ1) is 12.2. The van der Waals surface area contributed by atoms with Crippen LogP contribution in [0.4, 0.5) is 18.9 Å². The Morgan fingerprint density at radius 1 is 1.15 bits per heavy atom. The molecule has 26 heavy (non-hydrogen) atoms. The van der Waals surface area contributed by atoms with Gasteiger partial charge >= 0.3 is 12.1 Å². The summed E-state index contributed by atoms with van der Waals surface area (Å²) in [7, 11) is 1.39. The van der Waals surface area contributed by atoms with Gasteiger partial charge in [-0.3, -0.25) is 9.59 Å². The van der Waals surface area contributed by atoms with Crippen LogP contribution in [0.15, 0.2) is 42.5 Å². The summed E-state index contributed by atoms with van der Waals surface area (Å²) in [6.07, 6.45) is -4.98. The SMILES string of the molecule is COc1ccc(Cl)cc1C(=O)Nc1ccccc1CNC(=O)C(F)(F)F. The van der Waals surface area contributed by atoms with Crippen molar-refractivity contribution < 1.29 is 27.5 Å². The Hall–Kier alpha value is -2.74. The molecule has 9 heteroatoms. The van der Waals surface area contributed by atoms with E-state index in [4.69, 9.17) is 16.3 Å².